The molecular weight excluding hydrogens is 244 g/mol. The molecule has 0 saturated heterocycles. The lowest BCUT2D eigenvalue weighted by molar-refractivity contribution is -0.138. The minimum Gasteiger partial charge on any atom is -0.497 e. The van der Waals surface area contributed by atoms with Crippen molar-refractivity contribution >= 4 is 17.7 Å². The summed E-state index contributed by atoms with van der Waals surface area (Å²) in [5.41, 5.74) is 1.16. The van der Waals surface area contributed by atoms with Crippen LogP contribution < -0.4 is 4.74 Å². The van der Waals surface area contributed by atoms with Crippen molar-refractivity contribution < 1.29 is 14.3 Å². The highest BCUT2D eigenvalue weighted by Crippen LogP contribution is 2.16. The summed E-state index contributed by atoms with van der Waals surface area (Å²) in [4.78, 5) is 14.1. The van der Waals surface area contributed by atoms with E-state index in [4.69, 9.17) is 10.1 Å². The minimum atomic E-state index is -0.312. The molecule has 0 aromatic heterocycles. The highest BCUT2D eigenvalue weighted by atomic mass is 16.5. The van der Waals surface area contributed by atoms with Gasteiger partial charge in [0.15, 0.2) is 0 Å². The number of esters is 1. The fourth-order valence-corrected chi connectivity index (χ4v) is 0.976. The van der Waals surface area contributed by atoms with Crippen molar-refractivity contribution in [2.24, 2.45) is 4.99 Å². The van der Waals surface area contributed by atoms with Crippen LogP contribution >= 0.6 is 0 Å². The predicted molar refractivity (Wildman–Crippen MR) is 74.3 cm³/mol. The van der Waals surface area contributed by atoms with Gasteiger partial charge in [0.05, 0.1) is 25.4 Å². The SMILES string of the molecule is C=C(C)C(=O)OCC.COc1ccc(N=C=N)cc1. The van der Waals surface area contributed by atoms with Crippen molar-refractivity contribution in [1.82, 2.24) is 0 Å². The van der Waals surface area contributed by atoms with Gasteiger partial charge in [-0.15, -0.1) is 0 Å². The van der Waals surface area contributed by atoms with E-state index in [1.807, 2.05) is 6.01 Å². The number of benzene rings is 1. The van der Waals surface area contributed by atoms with Crippen molar-refractivity contribution in [3.63, 3.8) is 0 Å². The van der Waals surface area contributed by atoms with Gasteiger partial charge in [0.25, 0.3) is 0 Å². The molecule has 1 aromatic rings. The maximum absolute atomic E-state index is 10.4. The lowest BCUT2D eigenvalue weighted by atomic mass is 10.3. The Morgan fingerprint density at radius 1 is 1.42 bits per heavy atom. The lowest BCUT2D eigenvalue weighted by Gasteiger charge is -1.96. The smallest absolute Gasteiger partial charge is 0.333 e. The molecular formula is C14H18N2O3. The van der Waals surface area contributed by atoms with Gasteiger partial charge in [0.2, 0.25) is 0 Å². The molecule has 1 rings (SSSR count). The summed E-state index contributed by atoms with van der Waals surface area (Å²) in [6, 6.07) is 9.06. The lowest BCUT2D eigenvalue weighted by Crippen LogP contribution is -2.03. The Labute approximate surface area is 113 Å². The molecule has 5 heteroatoms. The molecule has 0 saturated carbocycles. The maximum Gasteiger partial charge on any atom is 0.333 e. The Bertz CT molecular complexity index is 460. The number of nitrogens with one attached hydrogen (secondary N) is 1. The van der Waals surface area contributed by atoms with Crippen LogP contribution in [0.1, 0.15) is 13.8 Å². The van der Waals surface area contributed by atoms with Gasteiger partial charge in [-0.25, -0.2) is 10.2 Å². The van der Waals surface area contributed by atoms with E-state index in [2.05, 4.69) is 16.3 Å². The van der Waals surface area contributed by atoms with Crippen LogP contribution in [0, 0.1) is 5.41 Å². The number of carbonyl (C=O) groups is 1. The summed E-state index contributed by atoms with van der Waals surface area (Å²) in [6.45, 7) is 7.21. The summed E-state index contributed by atoms with van der Waals surface area (Å²) >= 11 is 0. The molecule has 1 aromatic carbocycles. The first-order valence-electron chi connectivity index (χ1n) is 5.64. The molecule has 0 spiro atoms. The second kappa shape index (κ2) is 9.62. The first kappa shape index (κ1) is 16.6. The Kier molecular flexibility index (Phi) is 8.41. The van der Waals surface area contributed by atoms with Gasteiger partial charge in [-0.2, -0.15) is 4.99 Å². The molecule has 0 aliphatic rings. The maximum atomic E-state index is 10.4. The number of methoxy groups -OCH3 is 1. The molecule has 0 aliphatic carbocycles. The molecule has 0 fully saturated rings. The normalized spacial score (nSPS) is 8.37. The molecule has 0 aliphatic heterocycles. The molecule has 102 valence electrons. The standard InChI is InChI=1S/C8H8N2O.C6H10O2/c1-11-8-4-2-7(3-5-8)10-6-9;1-4-8-6(7)5(2)3/h2-5,9H,1H3;2,4H2,1,3H3. The molecule has 5 nitrogen and oxygen atoms in total. The van der Waals surface area contributed by atoms with Gasteiger partial charge >= 0.3 is 5.97 Å². The molecule has 1 N–H and O–H groups in total. The van der Waals surface area contributed by atoms with E-state index in [0.717, 1.165) is 5.75 Å². The summed E-state index contributed by atoms with van der Waals surface area (Å²) in [5.74, 6) is 0.474. The second-order valence-corrected chi connectivity index (χ2v) is 3.42. The van der Waals surface area contributed by atoms with E-state index < -0.39 is 0 Å². The zero-order valence-corrected chi connectivity index (χ0v) is 11.4. The molecule has 0 unspecified atom stereocenters. The van der Waals surface area contributed by atoms with Gasteiger partial charge in [-0.3, -0.25) is 0 Å². The monoisotopic (exact) mass is 262 g/mol. The van der Waals surface area contributed by atoms with Crippen molar-refractivity contribution in [3.05, 3.63) is 36.4 Å². The largest absolute Gasteiger partial charge is 0.497 e. The van der Waals surface area contributed by atoms with Crippen molar-refractivity contribution in [1.29, 1.82) is 5.41 Å². The number of rotatable bonds is 4. The predicted octanol–water partition coefficient (Wildman–Crippen LogP) is 3.20. The fourth-order valence-electron chi connectivity index (χ4n) is 0.976. The summed E-state index contributed by atoms with van der Waals surface area (Å²) < 4.78 is 9.50. The van der Waals surface area contributed by atoms with Crippen molar-refractivity contribution in [2.75, 3.05) is 13.7 Å². The van der Waals surface area contributed by atoms with Crippen LogP contribution in [0.25, 0.3) is 0 Å². The third kappa shape index (κ3) is 7.52. The number of hydrogen-bond acceptors (Lipinski definition) is 5. The van der Waals surface area contributed by atoms with Crippen LogP contribution in [0.2, 0.25) is 0 Å². The minimum absolute atomic E-state index is 0.312. The van der Waals surface area contributed by atoms with E-state index in [0.29, 0.717) is 17.9 Å². The first-order chi connectivity index (χ1) is 9.04. The number of aliphatic imine (C=N–C) groups is 1. The van der Waals surface area contributed by atoms with Crippen molar-refractivity contribution in [2.45, 2.75) is 13.8 Å². The van der Waals surface area contributed by atoms with E-state index >= 15 is 0 Å². The number of hydrogen-bond donors (Lipinski definition) is 1. The van der Waals surface area contributed by atoms with Gasteiger partial charge in [-0.1, -0.05) is 6.58 Å². The van der Waals surface area contributed by atoms with Gasteiger partial charge in [0, 0.05) is 5.57 Å². The third-order valence-corrected chi connectivity index (χ3v) is 1.88. The van der Waals surface area contributed by atoms with Crippen LogP contribution in [0.15, 0.2) is 41.4 Å². The number of nitrogens with zero attached hydrogens (tertiary/aromatic N) is 1. The average molecular weight is 262 g/mol. The number of ether oxygens (including phenoxy) is 2. The summed E-state index contributed by atoms with van der Waals surface area (Å²) in [7, 11) is 1.61. The Balaban J connectivity index is 0.000000362. The van der Waals surface area contributed by atoms with Crippen LogP contribution in [0.5, 0.6) is 5.75 Å². The van der Waals surface area contributed by atoms with Crippen molar-refractivity contribution in [3.8, 4) is 5.75 Å². The highest BCUT2D eigenvalue weighted by Gasteiger charge is 1.98. The van der Waals surface area contributed by atoms with Crippen LogP contribution in [0.3, 0.4) is 0 Å². The molecule has 0 amide bonds. The van der Waals surface area contributed by atoms with Crippen LogP contribution in [0.4, 0.5) is 5.69 Å². The third-order valence-electron chi connectivity index (χ3n) is 1.88. The van der Waals surface area contributed by atoms with E-state index in [1.165, 1.54) is 0 Å². The first-order valence-corrected chi connectivity index (χ1v) is 5.64. The molecule has 0 radical (unpaired) electrons. The van der Waals surface area contributed by atoms with Gasteiger partial charge in [0.1, 0.15) is 5.75 Å². The molecule has 0 heterocycles. The number of carbonyl (C=O) groups excluding carboxylic acids is 1. The molecule has 19 heavy (non-hydrogen) atoms. The van der Waals surface area contributed by atoms with Crippen LogP contribution in [-0.2, 0) is 9.53 Å². The summed E-state index contributed by atoms with van der Waals surface area (Å²) in [5, 5.41) is 6.59. The van der Waals surface area contributed by atoms with Gasteiger partial charge < -0.3 is 9.47 Å². The summed E-state index contributed by atoms with van der Waals surface area (Å²) in [6.07, 6.45) is 0. The van der Waals surface area contributed by atoms with E-state index in [-0.39, 0.29) is 5.97 Å². The van der Waals surface area contributed by atoms with E-state index in [9.17, 15) is 4.79 Å². The Morgan fingerprint density at radius 2 is 2.00 bits per heavy atom. The topological polar surface area (TPSA) is 71.7 Å². The quantitative estimate of drug-likeness (QED) is 0.514. The Morgan fingerprint density at radius 3 is 2.32 bits per heavy atom. The van der Waals surface area contributed by atoms with E-state index in [1.54, 1.807) is 45.2 Å². The Hall–Kier alpha value is -2.39. The zero-order chi connectivity index (χ0) is 14.7. The molecule has 0 bridgehead atoms. The average Bonchev–Trinajstić information content (AvgIpc) is 2.41. The van der Waals surface area contributed by atoms with Crippen LogP contribution in [-0.4, -0.2) is 25.7 Å². The molecule has 0 atom stereocenters. The zero-order valence-electron chi connectivity index (χ0n) is 11.4. The highest BCUT2D eigenvalue weighted by molar-refractivity contribution is 5.86. The second-order valence-electron chi connectivity index (χ2n) is 3.42. The fraction of sp³-hybridized carbons (Fsp3) is 0.286. The van der Waals surface area contributed by atoms with Gasteiger partial charge in [-0.05, 0) is 38.1 Å².